The lowest BCUT2D eigenvalue weighted by atomic mass is 10.3. The van der Waals surface area contributed by atoms with Gasteiger partial charge < -0.3 is 5.11 Å². The highest BCUT2D eigenvalue weighted by Gasteiger charge is 2.06. The van der Waals surface area contributed by atoms with Crippen molar-refractivity contribution in [2.45, 2.75) is 13.3 Å². The first-order valence-electron chi connectivity index (χ1n) is 3.99. The standard InChI is InChI=1S/C8H13Cl2NO2/c1-2-11(4-3-8(12)13)6-7(10)5-9/h5H,2-4,6H2,1H3,(H,12,13). The second-order valence-corrected chi connectivity index (χ2v) is 3.27. The molecule has 0 radical (unpaired) electrons. The summed E-state index contributed by atoms with van der Waals surface area (Å²) in [5.74, 6) is -0.801. The maximum Gasteiger partial charge on any atom is 0.304 e. The molecule has 0 fully saturated rings. The predicted molar refractivity (Wildman–Crippen MR) is 54.2 cm³/mol. The third kappa shape index (κ3) is 6.87. The van der Waals surface area contributed by atoms with E-state index in [1.807, 2.05) is 11.8 Å². The van der Waals surface area contributed by atoms with Gasteiger partial charge >= 0.3 is 5.97 Å². The number of aliphatic carboxylic acids is 1. The van der Waals surface area contributed by atoms with Gasteiger partial charge in [-0.25, -0.2) is 0 Å². The Balaban J connectivity index is 3.82. The third-order valence-corrected chi connectivity index (χ3v) is 2.19. The molecule has 0 atom stereocenters. The number of carboxylic acids is 1. The van der Waals surface area contributed by atoms with Crippen molar-refractivity contribution in [1.29, 1.82) is 0 Å². The number of hydrogen-bond donors (Lipinski definition) is 1. The van der Waals surface area contributed by atoms with E-state index in [0.29, 0.717) is 18.1 Å². The molecule has 0 aromatic carbocycles. The Bertz CT molecular complexity index is 195. The Morgan fingerprint density at radius 1 is 1.62 bits per heavy atom. The van der Waals surface area contributed by atoms with Crippen molar-refractivity contribution in [3.05, 3.63) is 10.6 Å². The molecule has 0 rings (SSSR count). The molecule has 0 unspecified atom stereocenters. The number of halogens is 2. The molecule has 0 heterocycles. The topological polar surface area (TPSA) is 40.5 Å². The van der Waals surface area contributed by atoms with E-state index in [1.54, 1.807) is 0 Å². The monoisotopic (exact) mass is 225 g/mol. The fraction of sp³-hybridized carbons (Fsp3) is 0.625. The van der Waals surface area contributed by atoms with Gasteiger partial charge in [0.05, 0.1) is 6.42 Å². The molecule has 0 saturated heterocycles. The number of carboxylic acid groups (broad SMARTS) is 1. The zero-order chi connectivity index (χ0) is 10.3. The Hall–Kier alpha value is -0.250. The lowest BCUT2D eigenvalue weighted by Crippen LogP contribution is -2.27. The summed E-state index contributed by atoms with van der Waals surface area (Å²) in [6.07, 6.45) is 0.125. The second-order valence-electron chi connectivity index (χ2n) is 2.57. The summed E-state index contributed by atoms with van der Waals surface area (Å²) in [7, 11) is 0. The van der Waals surface area contributed by atoms with Gasteiger partial charge in [-0.1, -0.05) is 30.1 Å². The van der Waals surface area contributed by atoms with Crippen LogP contribution in [0, 0.1) is 0 Å². The highest BCUT2D eigenvalue weighted by molar-refractivity contribution is 6.36. The van der Waals surface area contributed by atoms with Crippen LogP contribution in [0.3, 0.4) is 0 Å². The van der Waals surface area contributed by atoms with E-state index in [2.05, 4.69) is 0 Å². The van der Waals surface area contributed by atoms with Gasteiger partial charge in [-0.05, 0) is 6.54 Å². The van der Waals surface area contributed by atoms with Crippen molar-refractivity contribution in [3.63, 3.8) is 0 Å². The van der Waals surface area contributed by atoms with Gasteiger partial charge in [-0.15, -0.1) is 0 Å². The molecule has 0 spiro atoms. The molecule has 3 nitrogen and oxygen atoms in total. The van der Waals surface area contributed by atoms with Gasteiger partial charge in [-0.2, -0.15) is 0 Å². The summed E-state index contributed by atoms with van der Waals surface area (Å²) in [4.78, 5) is 12.2. The summed E-state index contributed by atoms with van der Waals surface area (Å²) in [6.45, 7) is 3.70. The van der Waals surface area contributed by atoms with Crippen LogP contribution < -0.4 is 0 Å². The highest BCUT2D eigenvalue weighted by Crippen LogP contribution is 2.06. The normalized spacial score (nSPS) is 12.2. The van der Waals surface area contributed by atoms with E-state index >= 15 is 0 Å². The fourth-order valence-electron chi connectivity index (χ4n) is 0.851. The van der Waals surface area contributed by atoms with Crippen molar-refractivity contribution in [3.8, 4) is 0 Å². The van der Waals surface area contributed by atoms with Gasteiger partial charge in [-0.3, -0.25) is 9.69 Å². The molecule has 0 aliphatic rings. The molecule has 0 aromatic rings. The zero-order valence-electron chi connectivity index (χ0n) is 7.46. The lowest BCUT2D eigenvalue weighted by molar-refractivity contribution is -0.137. The molecule has 13 heavy (non-hydrogen) atoms. The summed E-state index contributed by atoms with van der Waals surface area (Å²) in [5.41, 5.74) is 1.30. The minimum Gasteiger partial charge on any atom is -0.481 e. The number of carbonyl (C=O) groups is 1. The first-order valence-corrected chi connectivity index (χ1v) is 4.80. The largest absolute Gasteiger partial charge is 0.481 e. The van der Waals surface area contributed by atoms with Gasteiger partial charge in [0.2, 0.25) is 0 Å². The van der Waals surface area contributed by atoms with Crippen LogP contribution in [0.1, 0.15) is 13.3 Å². The van der Waals surface area contributed by atoms with Gasteiger partial charge in [0.1, 0.15) is 0 Å². The molecule has 0 amide bonds. The minimum atomic E-state index is -0.801. The van der Waals surface area contributed by atoms with E-state index < -0.39 is 5.97 Å². The molecular weight excluding hydrogens is 213 g/mol. The molecule has 0 aromatic heterocycles. The van der Waals surface area contributed by atoms with E-state index in [9.17, 15) is 4.79 Å². The maximum absolute atomic E-state index is 10.3. The SMILES string of the molecule is CCN(CCC(=O)O)CC(Cl)=CCl. The van der Waals surface area contributed by atoms with Crippen LogP contribution in [0.25, 0.3) is 0 Å². The average Bonchev–Trinajstić information content (AvgIpc) is 2.11. The molecule has 1 N–H and O–H groups in total. The zero-order valence-corrected chi connectivity index (χ0v) is 8.98. The Labute approximate surface area is 87.9 Å². The molecule has 0 aliphatic carbocycles. The smallest absolute Gasteiger partial charge is 0.304 e. The molecule has 0 saturated carbocycles. The summed E-state index contributed by atoms with van der Waals surface area (Å²) >= 11 is 11.1. The minimum absolute atomic E-state index is 0.125. The van der Waals surface area contributed by atoms with Crippen molar-refractivity contribution < 1.29 is 9.90 Å². The third-order valence-electron chi connectivity index (χ3n) is 1.58. The summed E-state index contributed by atoms with van der Waals surface area (Å²) in [6, 6.07) is 0. The number of likely N-dealkylation sites (N-methyl/N-ethyl adjacent to an activating group) is 1. The summed E-state index contributed by atoms with van der Waals surface area (Å²) < 4.78 is 0. The molecule has 0 bridgehead atoms. The molecule has 0 aliphatic heterocycles. The first kappa shape index (κ1) is 12.8. The van der Waals surface area contributed by atoms with Crippen molar-refractivity contribution >= 4 is 29.2 Å². The number of hydrogen-bond acceptors (Lipinski definition) is 2. The van der Waals surface area contributed by atoms with Gasteiger partial charge in [0, 0.05) is 23.7 Å². The Morgan fingerprint density at radius 3 is 2.62 bits per heavy atom. The van der Waals surface area contributed by atoms with Crippen LogP contribution in [0.4, 0.5) is 0 Å². The second kappa shape index (κ2) is 7.18. The van der Waals surface area contributed by atoms with Crippen LogP contribution >= 0.6 is 23.2 Å². The fourth-order valence-corrected chi connectivity index (χ4v) is 1.09. The predicted octanol–water partition coefficient (Wildman–Crippen LogP) is 2.10. The van der Waals surface area contributed by atoms with E-state index in [0.717, 1.165) is 6.54 Å². The molecule has 76 valence electrons. The summed E-state index contributed by atoms with van der Waals surface area (Å²) in [5, 5.41) is 8.97. The van der Waals surface area contributed by atoms with E-state index in [1.165, 1.54) is 5.54 Å². The average molecular weight is 226 g/mol. The van der Waals surface area contributed by atoms with Crippen LogP contribution in [-0.4, -0.2) is 35.6 Å². The Morgan fingerprint density at radius 2 is 2.23 bits per heavy atom. The van der Waals surface area contributed by atoms with E-state index in [-0.39, 0.29) is 6.42 Å². The van der Waals surface area contributed by atoms with Crippen LogP contribution in [0.5, 0.6) is 0 Å². The van der Waals surface area contributed by atoms with Crippen LogP contribution in [-0.2, 0) is 4.79 Å². The Kier molecular flexibility index (Phi) is 7.04. The lowest BCUT2D eigenvalue weighted by Gasteiger charge is -2.18. The van der Waals surface area contributed by atoms with Gasteiger partial charge in [0.25, 0.3) is 0 Å². The van der Waals surface area contributed by atoms with Crippen molar-refractivity contribution in [2.75, 3.05) is 19.6 Å². The first-order chi connectivity index (χ1) is 6.10. The van der Waals surface area contributed by atoms with Crippen LogP contribution in [0.15, 0.2) is 10.6 Å². The molecular formula is C8H13Cl2NO2. The highest BCUT2D eigenvalue weighted by atomic mass is 35.5. The van der Waals surface area contributed by atoms with E-state index in [4.69, 9.17) is 28.3 Å². The van der Waals surface area contributed by atoms with Crippen molar-refractivity contribution in [2.24, 2.45) is 0 Å². The van der Waals surface area contributed by atoms with Crippen LogP contribution in [0.2, 0.25) is 0 Å². The maximum atomic E-state index is 10.3. The molecule has 5 heteroatoms. The number of rotatable bonds is 6. The van der Waals surface area contributed by atoms with Gasteiger partial charge in [0.15, 0.2) is 0 Å². The van der Waals surface area contributed by atoms with Crippen molar-refractivity contribution in [1.82, 2.24) is 4.90 Å². The number of nitrogens with zero attached hydrogens (tertiary/aromatic N) is 1. The quantitative estimate of drug-likeness (QED) is 0.753.